The number of rotatable bonds is 3. The highest BCUT2D eigenvalue weighted by molar-refractivity contribution is 5.83. The Bertz CT molecular complexity index is 520. The fourth-order valence-electron chi connectivity index (χ4n) is 2.05. The Morgan fingerprint density at radius 3 is 2.76 bits per heavy atom. The van der Waals surface area contributed by atoms with Crippen LogP contribution in [0, 0.1) is 6.92 Å². The number of hydrogen-bond acceptors (Lipinski definition) is 3. The fraction of sp³-hybridized carbons (Fsp3) is 0.357. The van der Waals surface area contributed by atoms with Gasteiger partial charge in [0.15, 0.2) is 0 Å². The summed E-state index contributed by atoms with van der Waals surface area (Å²) in [4.78, 5) is 6.76. The summed E-state index contributed by atoms with van der Waals surface area (Å²) in [5, 5.41) is 1.21. The molecule has 1 aromatic carbocycles. The van der Waals surface area contributed by atoms with Crippen molar-refractivity contribution in [1.29, 1.82) is 0 Å². The van der Waals surface area contributed by atoms with Gasteiger partial charge in [-0.25, -0.2) is 4.98 Å². The van der Waals surface area contributed by atoms with Crippen LogP contribution in [-0.2, 0) is 0 Å². The molecule has 3 heteroatoms. The lowest BCUT2D eigenvalue weighted by molar-refractivity contribution is 0.712. The van der Waals surface area contributed by atoms with E-state index in [4.69, 9.17) is 5.73 Å². The Morgan fingerprint density at radius 2 is 2.06 bits per heavy atom. The van der Waals surface area contributed by atoms with E-state index < -0.39 is 0 Å². The molecule has 1 unspecified atom stereocenters. The summed E-state index contributed by atoms with van der Waals surface area (Å²) >= 11 is 0. The number of pyridine rings is 1. The summed E-state index contributed by atoms with van der Waals surface area (Å²) in [6.07, 6.45) is 0. The summed E-state index contributed by atoms with van der Waals surface area (Å²) in [5.74, 6) is 0.985. The predicted octanol–water partition coefficient (Wildman–Crippen LogP) is 2.33. The Balaban J connectivity index is 2.42. The lowest BCUT2D eigenvalue weighted by Gasteiger charge is -2.21. The fourth-order valence-corrected chi connectivity index (χ4v) is 2.05. The Hall–Kier alpha value is -1.61. The van der Waals surface area contributed by atoms with Gasteiger partial charge in [0.05, 0.1) is 5.52 Å². The number of nitrogens with zero attached hydrogens (tertiary/aromatic N) is 2. The van der Waals surface area contributed by atoms with E-state index in [2.05, 4.69) is 28.9 Å². The number of aromatic nitrogens is 1. The van der Waals surface area contributed by atoms with Gasteiger partial charge in [-0.2, -0.15) is 0 Å². The minimum Gasteiger partial charge on any atom is -0.358 e. The minimum absolute atomic E-state index is 0.147. The second kappa shape index (κ2) is 4.72. The van der Waals surface area contributed by atoms with Crippen LogP contribution in [0.4, 0.5) is 5.82 Å². The molecular formula is C14H19N3. The number of aryl methyl sites for hydroxylation is 1. The van der Waals surface area contributed by atoms with Gasteiger partial charge in [0.2, 0.25) is 0 Å². The van der Waals surface area contributed by atoms with Gasteiger partial charge in [-0.1, -0.05) is 18.2 Å². The van der Waals surface area contributed by atoms with E-state index in [0.717, 1.165) is 17.9 Å². The minimum atomic E-state index is 0.147. The molecule has 1 atom stereocenters. The summed E-state index contributed by atoms with van der Waals surface area (Å²) < 4.78 is 0. The number of likely N-dealkylation sites (N-methyl/N-ethyl adjacent to an activating group) is 1. The molecule has 0 amide bonds. The molecule has 0 bridgehead atoms. The van der Waals surface area contributed by atoms with Gasteiger partial charge in [-0.15, -0.1) is 0 Å². The first-order valence-electron chi connectivity index (χ1n) is 5.91. The molecular weight excluding hydrogens is 210 g/mol. The van der Waals surface area contributed by atoms with Crippen LogP contribution in [0.25, 0.3) is 10.9 Å². The molecule has 0 aliphatic carbocycles. The highest BCUT2D eigenvalue weighted by Gasteiger charge is 2.07. The highest BCUT2D eigenvalue weighted by atomic mass is 15.2. The maximum absolute atomic E-state index is 5.81. The van der Waals surface area contributed by atoms with Gasteiger partial charge in [0, 0.05) is 25.0 Å². The third-order valence-electron chi connectivity index (χ3n) is 2.86. The first kappa shape index (κ1) is 11.9. The molecule has 0 radical (unpaired) electrons. The number of nitrogens with two attached hydrogens (primary N) is 1. The molecule has 0 aliphatic rings. The van der Waals surface area contributed by atoms with Crippen molar-refractivity contribution in [2.24, 2.45) is 5.73 Å². The van der Waals surface area contributed by atoms with E-state index in [1.54, 1.807) is 0 Å². The third-order valence-corrected chi connectivity index (χ3v) is 2.86. The molecule has 0 spiro atoms. The molecule has 3 nitrogen and oxygen atoms in total. The van der Waals surface area contributed by atoms with Gasteiger partial charge in [-0.05, 0) is 31.5 Å². The van der Waals surface area contributed by atoms with E-state index >= 15 is 0 Å². The lowest BCUT2D eigenvalue weighted by Crippen LogP contribution is -2.33. The SMILES string of the molecule is Cc1cc(N(C)CC(C)N)nc2ccccc12. The number of benzene rings is 1. The molecule has 2 N–H and O–H groups in total. The van der Waals surface area contributed by atoms with Crippen molar-refractivity contribution in [1.82, 2.24) is 4.98 Å². The number of fused-ring (bicyclic) bond motifs is 1. The maximum Gasteiger partial charge on any atom is 0.129 e. The van der Waals surface area contributed by atoms with Crippen molar-refractivity contribution in [3.63, 3.8) is 0 Å². The normalized spacial score (nSPS) is 12.7. The Kier molecular flexibility index (Phi) is 3.29. The molecule has 2 rings (SSSR count). The van der Waals surface area contributed by atoms with Crippen molar-refractivity contribution in [3.05, 3.63) is 35.9 Å². The van der Waals surface area contributed by atoms with E-state index in [-0.39, 0.29) is 6.04 Å². The summed E-state index contributed by atoms with van der Waals surface area (Å²) in [6.45, 7) is 4.93. The van der Waals surface area contributed by atoms with Crippen molar-refractivity contribution >= 4 is 16.7 Å². The number of para-hydroxylation sites is 1. The molecule has 17 heavy (non-hydrogen) atoms. The van der Waals surface area contributed by atoms with Crippen LogP contribution in [0.2, 0.25) is 0 Å². The zero-order chi connectivity index (χ0) is 12.4. The van der Waals surface area contributed by atoms with Crippen LogP contribution in [-0.4, -0.2) is 24.6 Å². The standard InChI is InChI=1S/C14H19N3/c1-10-8-14(17(3)9-11(2)15)16-13-7-5-4-6-12(10)13/h4-8,11H,9,15H2,1-3H3. The summed E-state index contributed by atoms with van der Waals surface area (Å²) in [7, 11) is 2.03. The summed E-state index contributed by atoms with van der Waals surface area (Å²) in [6, 6.07) is 10.5. The molecule has 0 saturated carbocycles. The van der Waals surface area contributed by atoms with Crippen LogP contribution in [0.3, 0.4) is 0 Å². The molecule has 2 aromatic rings. The zero-order valence-electron chi connectivity index (χ0n) is 10.6. The van der Waals surface area contributed by atoms with Gasteiger partial charge >= 0.3 is 0 Å². The quantitative estimate of drug-likeness (QED) is 0.878. The van der Waals surface area contributed by atoms with E-state index in [9.17, 15) is 0 Å². The molecule has 90 valence electrons. The Morgan fingerprint density at radius 1 is 1.35 bits per heavy atom. The van der Waals surface area contributed by atoms with Crippen molar-refractivity contribution in [3.8, 4) is 0 Å². The molecule has 1 aromatic heterocycles. The molecule has 1 heterocycles. The lowest BCUT2D eigenvalue weighted by atomic mass is 10.1. The van der Waals surface area contributed by atoms with Crippen molar-refractivity contribution < 1.29 is 0 Å². The van der Waals surface area contributed by atoms with Crippen molar-refractivity contribution in [2.45, 2.75) is 19.9 Å². The largest absolute Gasteiger partial charge is 0.358 e. The zero-order valence-corrected chi connectivity index (χ0v) is 10.6. The van der Waals surface area contributed by atoms with Gasteiger partial charge in [-0.3, -0.25) is 0 Å². The smallest absolute Gasteiger partial charge is 0.129 e. The Labute approximate surface area is 102 Å². The number of hydrogen-bond donors (Lipinski definition) is 1. The van der Waals surface area contributed by atoms with Crippen LogP contribution in [0.5, 0.6) is 0 Å². The van der Waals surface area contributed by atoms with Gasteiger partial charge in [0.25, 0.3) is 0 Å². The topological polar surface area (TPSA) is 42.1 Å². The van der Waals surface area contributed by atoms with Gasteiger partial charge < -0.3 is 10.6 Å². The average Bonchev–Trinajstić information content (AvgIpc) is 2.28. The summed E-state index contributed by atoms with van der Waals surface area (Å²) in [5.41, 5.74) is 8.10. The van der Waals surface area contributed by atoms with Gasteiger partial charge in [0.1, 0.15) is 5.82 Å². The molecule has 0 saturated heterocycles. The van der Waals surface area contributed by atoms with Crippen LogP contribution < -0.4 is 10.6 Å². The first-order valence-corrected chi connectivity index (χ1v) is 5.91. The van der Waals surface area contributed by atoms with E-state index in [1.807, 2.05) is 32.2 Å². The van der Waals surface area contributed by atoms with Crippen LogP contribution in [0.15, 0.2) is 30.3 Å². The van der Waals surface area contributed by atoms with Crippen LogP contribution in [0.1, 0.15) is 12.5 Å². The second-order valence-electron chi connectivity index (χ2n) is 4.67. The highest BCUT2D eigenvalue weighted by Crippen LogP contribution is 2.21. The average molecular weight is 229 g/mol. The third kappa shape index (κ3) is 2.56. The maximum atomic E-state index is 5.81. The molecule has 0 aliphatic heterocycles. The van der Waals surface area contributed by atoms with E-state index in [1.165, 1.54) is 10.9 Å². The molecule has 0 fully saturated rings. The first-order chi connectivity index (χ1) is 8.08. The monoisotopic (exact) mass is 229 g/mol. The number of anilines is 1. The van der Waals surface area contributed by atoms with Crippen molar-refractivity contribution in [2.75, 3.05) is 18.5 Å². The second-order valence-corrected chi connectivity index (χ2v) is 4.67. The van der Waals surface area contributed by atoms with E-state index in [0.29, 0.717) is 0 Å². The predicted molar refractivity (Wildman–Crippen MR) is 73.4 cm³/mol. The van der Waals surface area contributed by atoms with Crippen LogP contribution >= 0.6 is 0 Å².